The van der Waals surface area contributed by atoms with Crippen molar-refractivity contribution in [3.05, 3.63) is 35.4 Å². The van der Waals surface area contributed by atoms with Gasteiger partial charge in [0.2, 0.25) is 0 Å². The minimum absolute atomic E-state index is 0.207. The summed E-state index contributed by atoms with van der Waals surface area (Å²) in [5.74, 6) is -1.44. The number of nitrogens with zero attached hydrogens (tertiary/aromatic N) is 3. The van der Waals surface area contributed by atoms with Crippen LogP contribution in [-0.2, 0) is 9.53 Å². The number of aliphatic carboxylic acids is 1. The van der Waals surface area contributed by atoms with Crippen molar-refractivity contribution in [2.75, 3.05) is 45.9 Å². The lowest BCUT2D eigenvalue weighted by atomic mass is 9.95. The highest BCUT2D eigenvalue weighted by atomic mass is 16.5. The second kappa shape index (κ2) is 7.98. The number of amides is 2. The molecule has 0 radical (unpaired) electrons. The van der Waals surface area contributed by atoms with Gasteiger partial charge in [-0.25, -0.2) is 0 Å². The van der Waals surface area contributed by atoms with Crippen molar-refractivity contribution in [1.29, 1.82) is 0 Å². The largest absolute Gasteiger partial charge is 0.480 e. The Morgan fingerprint density at radius 2 is 1.68 bits per heavy atom. The van der Waals surface area contributed by atoms with E-state index in [1.807, 2.05) is 4.90 Å². The van der Waals surface area contributed by atoms with Crippen LogP contribution in [0.15, 0.2) is 24.3 Å². The first-order chi connectivity index (χ1) is 13.6. The summed E-state index contributed by atoms with van der Waals surface area (Å²) in [6, 6.07) is 6.43. The lowest BCUT2D eigenvalue weighted by Gasteiger charge is -2.43. The van der Waals surface area contributed by atoms with Crippen LogP contribution in [0.1, 0.15) is 33.6 Å². The standard InChI is InChI=1S/C20H25N3O5/c24-18-15-3-1-2-4-16(15)19(25)23(18)8-7-22-6-5-14(13-17(22)20(26)27)21-9-11-28-12-10-21/h1-4,14,17H,5-13H2,(H,26,27). The SMILES string of the molecule is O=C(O)C1CC(N2CCOCC2)CCN1CCN1C(=O)c2ccccc2C1=O. The molecule has 2 atom stereocenters. The van der Waals surface area contributed by atoms with Crippen molar-refractivity contribution >= 4 is 17.8 Å². The minimum Gasteiger partial charge on any atom is -0.480 e. The Hall–Kier alpha value is -2.29. The molecule has 3 aliphatic rings. The summed E-state index contributed by atoms with van der Waals surface area (Å²) in [6.45, 7) is 4.28. The van der Waals surface area contributed by atoms with Gasteiger partial charge in [-0.15, -0.1) is 0 Å². The summed E-state index contributed by atoms with van der Waals surface area (Å²) in [6.07, 6.45) is 1.43. The van der Waals surface area contributed by atoms with E-state index in [1.54, 1.807) is 24.3 Å². The van der Waals surface area contributed by atoms with Crippen LogP contribution in [0, 0.1) is 0 Å². The van der Waals surface area contributed by atoms with Gasteiger partial charge in [-0.1, -0.05) is 12.1 Å². The Labute approximate surface area is 163 Å². The molecule has 1 aromatic carbocycles. The number of morpholine rings is 1. The van der Waals surface area contributed by atoms with Crippen LogP contribution in [0.2, 0.25) is 0 Å². The van der Waals surface area contributed by atoms with Gasteiger partial charge in [0.15, 0.2) is 0 Å². The third-order valence-electron chi connectivity index (χ3n) is 6.02. The number of benzene rings is 1. The molecule has 0 saturated carbocycles. The van der Waals surface area contributed by atoms with Gasteiger partial charge in [0.05, 0.1) is 24.3 Å². The summed E-state index contributed by atoms with van der Waals surface area (Å²) < 4.78 is 5.39. The summed E-state index contributed by atoms with van der Waals surface area (Å²) in [5.41, 5.74) is 0.849. The van der Waals surface area contributed by atoms with E-state index in [1.165, 1.54) is 4.90 Å². The molecule has 2 amide bonds. The lowest BCUT2D eigenvalue weighted by molar-refractivity contribution is -0.146. The zero-order valence-electron chi connectivity index (χ0n) is 15.7. The predicted octanol–water partition coefficient (Wildman–Crippen LogP) is 0.532. The molecule has 0 aromatic heterocycles. The topological polar surface area (TPSA) is 90.4 Å². The Morgan fingerprint density at radius 1 is 1.04 bits per heavy atom. The van der Waals surface area contributed by atoms with Gasteiger partial charge in [-0.2, -0.15) is 0 Å². The van der Waals surface area contributed by atoms with Gasteiger partial charge < -0.3 is 9.84 Å². The average molecular weight is 387 g/mol. The fraction of sp³-hybridized carbons (Fsp3) is 0.550. The van der Waals surface area contributed by atoms with Crippen LogP contribution in [0.4, 0.5) is 0 Å². The number of likely N-dealkylation sites (tertiary alicyclic amines) is 1. The molecule has 2 unspecified atom stereocenters. The molecule has 28 heavy (non-hydrogen) atoms. The van der Waals surface area contributed by atoms with E-state index >= 15 is 0 Å². The number of hydrogen-bond acceptors (Lipinski definition) is 6. The first-order valence-corrected chi connectivity index (χ1v) is 9.80. The van der Waals surface area contributed by atoms with Crippen LogP contribution in [0.25, 0.3) is 0 Å². The van der Waals surface area contributed by atoms with Crippen LogP contribution >= 0.6 is 0 Å². The minimum atomic E-state index is -0.847. The monoisotopic (exact) mass is 387 g/mol. The highest BCUT2D eigenvalue weighted by molar-refractivity contribution is 6.21. The number of carbonyl (C=O) groups is 3. The smallest absolute Gasteiger partial charge is 0.320 e. The van der Waals surface area contributed by atoms with E-state index in [4.69, 9.17) is 4.74 Å². The maximum atomic E-state index is 12.5. The molecule has 0 bridgehead atoms. The van der Waals surface area contributed by atoms with E-state index in [2.05, 4.69) is 4.90 Å². The molecule has 8 heteroatoms. The van der Waals surface area contributed by atoms with E-state index in [0.29, 0.717) is 43.9 Å². The number of fused-ring (bicyclic) bond motifs is 1. The molecule has 150 valence electrons. The number of carboxylic acid groups (broad SMARTS) is 1. The number of carboxylic acids is 1. The van der Waals surface area contributed by atoms with Gasteiger partial charge in [0.25, 0.3) is 11.8 Å². The Balaban J connectivity index is 1.39. The third-order valence-corrected chi connectivity index (χ3v) is 6.02. The predicted molar refractivity (Wildman–Crippen MR) is 100 cm³/mol. The molecule has 1 N–H and O–H groups in total. The lowest BCUT2D eigenvalue weighted by Crippen LogP contribution is -2.56. The molecule has 2 fully saturated rings. The van der Waals surface area contributed by atoms with Crippen molar-refractivity contribution in [3.8, 4) is 0 Å². The Morgan fingerprint density at radius 3 is 2.29 bits per heavy atom. The van der Waals surface area contributed by atoms with E-state index in [-0.39, 0.29) is 24.4 Å². The van der Waals surface area contributed by atoms with Crippen molar-refractivity contribution in [2.45, 2.75) is 24.9 Å². The van der Waals surface area contributed by atoms with Gasteiger partial charge in [0, 0.05) is 38.8 Å². The maximum absolute atomic E-state index is 12.5. The average Bonchev–Trinajstić information content (AvgIpc) is 2.97. The van der Waals surface area contributed by atoms with Gasteiger partial charge >= 0.3 is 5.97 Å². The zero-order valence-corrected chi connectivity index (χ0v) is 15.7. The maximum Gasteiger partial charge on any atom is 0.320 e. The number of imide groups is 1. The molecular weight excluding hydrogens is 362 g/mol. The molecule has 3 heterocycles. The Bertz CT molecular complexity index is 742. The second-order valence-corrected chi connectivity index (χ2v) is 7.52. The number of hydrogen-bond donors (Lipinski definition) is 1. The molecule has 2 saturated heterocycles. The van der Waals surface area contributed by atoms with Gasteiger partial charge in [-0.3, -0.25) is 29.1 Å². The van der Waals surface area contributed by atoms with Crippen molar-refractivity contribution < 1.29 is 24.2 Å². The van der Waals surface area contributed by atoms with Crippen molar-refractivity contribution in [3.63, 3.8) is 0 Å². The fourth-order valence-electron chi connectivity index (χ4n) is 4.46. The van der Waals surface area contributed by atoms with Gasteiger partial charge in [-0.05, 0) is 25.0 Å². The molecular formula is C20H25N3O5. The summed E-state index contributed by atoms with van der Waals surface area (Å²) in [4.78, 5) is 42.3. The van der Waals surface area contributed by atoms with Crippen LogP contribution in [0.3, 0.4) is 0 Å². The number of piperidine rings is 1. The first-order valence-electron chi connectivity index (χ1n) is 9.80. The fourth-order valence-corrected chi connectivity index (χ4v) is 4.46. The number of rotatable bonds is 5. The van der Waals surface area contributed by atoms with E-state index in [9.17, 15) is 19.5 Å². The van der Waals surface area contributed by atoms with E-state index < -0.39 is 12.0 Å². The third kappa shape index (κ3) is 3.55. The number of ether oxygens (including phenoxy) is 1. The van der Waals surface area contributed by atoms with Crippen LogP contribution in [0.5, 0.6) is 0 Å². The number of carbonyl (C=O) groups excluding carboxylic acids is 2. The van der Waals surface area contributed by atoms with E-state index in [0.717, 1.165) is 19.5 Å². The van der Waals surface area contributed by atoms with Crippen LogP contribution < -0.4 is 0 Å². The highest BCUT2D eigenvalue weighted by Gasteiger charge is 2.39. The molecule has 8 nitrogen and oxygen atoms in total. The van der Waals surface area contributed by atoms with Gasteiger partial charge in [0.1, 0.15) is 6.04 Å². The Kier molecular flexibility index (Phi) is 5.43. The normalized spacial score (nSPS) is 26.5. The zero-order chi connectivity index (χ0) is 19.7. The summed E-state index contributed by atoms with van der Waals surface area (Å²) >= 11 is 0. The molecule has 4 rings (SSSR count). The first kappa shape index (κ1) is 19.0. The molecule has 1 aromatic rings. The highest BCUT2D eigenvalue weighted by Crippen LogP contribution is 2.25. The quantitative estimate of drug-likeness (QED) is 0.737. The van der Waals surface area contributed by atoms with Crippen molar-refractivity contribution in [2.24, 2.45) is 0 Å². The summed E-state index contributed by atoms with van der Waals surface area (Å²) in [7, 11) is 0. The molecule has 3 aliphatic heterocycles. The molecule has 0 spiro atoms. The van der Waals surface area contributed by atoms with Crippen LogP contribution in [-0.4, -0.2) is 95.6 Å². The molecule has 0 aliphatic carbocycles. The summed E-state index contributed by atoms with van der Waals surface area (Å²) in [5, 5.41) is 9.73. The van der Waals surface area contributed by atoms with Crippen molar-refractivity contribution in [1.82, 2.24) is 14.7 Å². The second-order valence-electron chi connectivity index (χ2n) is 7.52.